The average Bonchev–Trinajstić information content (AvgIpc) is 2.71. The van der Waals surface area contributed by atoms with E-state index in [1.165, 1.54) is 17.3 Å². The lowest BCUT2D eigenvalue weighted by Crippen LogP contribution is -2.47. The number of nitrogens with zero attached hydrogens (tertiary/aromatic N) is 2. The van der Waals surface area contributed by atoms with Crippen LogP contribution in [0.4, 0.5) is 10.1 Å². The van der Waals surface area contributed by atoms with Crippen LogP contribution in [0.3, 0.4) is 0 Å². The second-order valence-electron chi connectivity index (χ2n) is 7.46. The topological polar surface area (TPSA) is 35.6 Å². The first-order valence-corrected chi connectivity index (χ1v) is 10.2. The first-order valence-electron chi connectivity index (χ1n) is 10.2. The summed E-state index contributed by atoms with van der Waals surface area (Å²) in [6.07, 6.45) is 1.71. The number of anilines is 1. The lowest BCUT2D eigenvalue weighted by Gasteiger charge is -2.36. The van der Waals surface area contributed by atoms with Gasteiger partial charge in [-0.05, 0) is 55.6 Å². The van der Waals surface area contributed by atoms with Crippen molar-refractivity contribution < 1.29 is 9.18 Å². The van der Waals surface area contributed by atoms with Crippen molar-refractivity contribution in [2.24, 2.45) is 0 Å². The molecule has 150 valence electrons. The Balaban J connectivity index is 1.29. The Labute approximate surface area is 167 Å². The monoisotopic (exact) mass is 383 g/mol. The van der Waals surface area contributed by atoms with E-state index in [1.54, 1.807) is 18.2 Å². The quantitative estimate of drug-likeness (QED) is 0.710. The van der Waals surface area contributed by atoms with Crippen molar-refractivity contribution in [1.82, 2.24) is 10.2 Å². The predicted octanol–water partition coefficient (Wildman–Crippen LogP) is 3.40. The first-order chi connectivity index (χ1) is 13.6. The standard InChI is InChI=1S/C23H30FN3O/c1-19-6-4-8-21(18-19)27-16-14-26(15-17-27)13-5-12-25-23(28)11-10-20-7-2-3-9-22(20)24/h2-4,6-9,18H,5,10-17H2,1H3,(H,25,28). The Hall–Kier alpha value is -2.40. The minimum Gasteiger partial charge on any atom is -0.369 e. The van der Waals surface area contributed by atoms with Gasteiger partial charge in [0.25, 0.3) is 0 Å². The Morgan fingerprint density at radius 2 is 1.86 bits per heavy atom. The van der Waals surface area contributed by atoms with Crippen molar-refractivity contribution in [2.45, 2.75) is 26.2 Å². The fraction of sp³-hybridized carbons (Fsp3) is 0.435. The maximum Gasteiger partial charge on any atom is 0.220 e. The number of carbonyl (C=O) groups is 1. The Kier molecular flexibility index (Phi) is 7.43. The van der Waals surface area contributed by atoms with Crippen LogP contribution in [0.1, 0.15) is 24.0 Å². The van der Waals surface area contributed by atoms with Gasteiger partial charge in [0.1, 0.15) is 5.82 Å². The minimum absolute atomic E-state index is 0.00693. The van der Waals surface area contributed by atoms with Crippen LogP contribution in [0.25, 0.3) is 0 Å². The van der Waals surface area contributed by atoms with Crippen LogP contribution in [0.15, 0.2) is 48.5 Å². The molecule has 1 N–H and O–H groups in total. The van der Waals surface area contributed by atoms with Crippen LogP contribution in [0, 0.1) is 12.7 Å². The van der Waals surface area contributed by atoms with Crippen LogP contribution in [0.5, 0.6) is 0 Å². The zero-order chi connectivity index (χ0) is 19.8. The molecule has 0 atom stereocenters. The first kappa shape index (κ1) is 20.3. The number of piperazine rings is 1. The highest BCUT2D eigenvalue weighted by Crippen LogP contribution is 2.17. The molecule has 1 fully saturated rings. The zero-order valence-corrected chi connectivity index (χ0v) is 16.7. The normalized spacial score (nSPS) is 14.9. The number of halogens is 1. The van der Waals surface area contributed by atoms with Gasteiger partial charge in [0.15, 0.2) is 0 Å². The van der Waals surface area contributed by atoms with E-state index in [1.807, 2.05) is 0 Å². The van der Waals surface area contributed by atoms with Crippen molar-refractivity contribution >= 4 is 11.6 Å². The third-order valence-electron chi connectivity index (χ3n) is 5.29. The highest BCUT2D eigenvalue weighted by atomic mass is 19.1. The molecular weight excluding hydrogens is 353 g/mol. The number of aryl methyl sites for hydroxylation is 2. The van der Waals surface area contributed by atoms with Gasteiger partial charge in [-0.2, -0.15) is 0 Å². The molecule has 1 heterocycles. The fourth-order valence-corrected chi connectivity index (χ4v) is 3.62. The molecule has 2 aromatic rings. The van der Waals surface area contributed by atoms with Crippen molar-refractivity contribution in [3.05, 3.63) is 65.5 Å². The lowest BCUT2D eigenvalue weighted by molar-refractivity contribution is -0.121. The summed E-state index contributed by atoms with van der Waals surface area (Å²) in [5, 5.41) is 2.95. The number of carbonyl (C=O) groups excluding carboxylic acids is 1. The molecule has 1 aliphatic rings. The maximum atomic E-state index is 13.6. The molecule has 0 spiro atoms. The highest BCUT2D eigenvalue weighted by molar-refractivity contribution is 5.76. The van der Waals surface area contributed by atoms with Crippen LogP contribution in [-0.4, -0.2) is 50.1 Å². The largest absolute Gasteiger partial charge is 0.369 e. The van der Waals surface area contributed by atoms with Gasteiger partial charge in [0.05, 0.1) is 0 Å². The summed E-state index contributed by atoms with van der Waals surface area (Å²) in [7, 11) is 0. The minimum atomic E-state index is -0.236. The molecule has 0 unspecified atom stereocenters. The van der Waals surface area contributed by atoms with E-state index in [0.29, 0.717) is 24.9 Å². The molecule has 1 saturated heterocycles. The average molecular weight is 384 g/mol. The SMILES string of the molecule is Cc1cccc(N2CCN(CCCNC(=O)CCc3ccccc3F)CC2)c1. The van der Waals surface area contributed by atoms with Crippen LogP contribution >= 0.6 is 0 Å². The predicted molar refractivity (Wildman–Crippen MR) is 112 cm³/mol. The van der Waals surface area contributed by atoms with E-state index in [0.717, 1.165) is 39.1 Å². The summed E-state index contributed by atoms with van der Waals surface area (Å²) in [6.45, 7) is 7.98. The van der Waals surface area contributed by atoms with E-state index in [4.69, 9.17) is 0 Å². The molecule has 4 nitrogen and oxygen atoms in total. The molecule has 28 heavy (non-hydrogen) atoms. The summed E-state index contributed by atoms with van der Waals surface area (Å²) in [5.74, 6) is -0.243. The zero-order valence-electron chi connectivity index (χ0n) is 16.7. The van der Waals surface area contributed by atoms with Gasteiger partial charge >= 0.3 is 0 Å². The van der Waals surface area contributed by atoms with Gasteiger partial charge < -0.3 is 10.2 Å². The number of benzene rings is 2. The lowest BCUT2D eigenvalue weighted by atomic mass is 10.1. The van der Waals surface area contributed by atoms with Crippen molar-refractivity contribution in [2.75, 3.05) is 44.2 Å². The molecule has 0 bridgehead atoms. The molecule has 1 amide bonds. The van der Waals surface area contributed by atoms with E-state index in [-0.39, 0.29) is 11.7 Å². The number of nitrogens with one attached hydrogen (secondary N) is 1. The van der Waals surface area contributed by atoms with Crippen LogP contribution in [0.2, 0.25) is 0 Å². The van der Waals surface area contributed by atoms with E-state index in [9.17, 15) is 9.18 Å². The van der Waals surface area contributed by atoms with Gasteiger partial charge in [-0.15, -0.1) is 0 Å². The van der Waals surface area contributed by atoms with Crippen molar-refractivity contribution in [3.8, 4) is 0 Å². The number of hydrogen-bond acceptors (Lipinski definition) is 3. The Bertz CT molecular complexity index is 772. The number of rotatable bonds is 8. The smallest absolute Gasteiger partial charge is 0.220 e. The third-order valence-corrected chi connectivity index (χ3v) is 5.29. The molecule has 0 aromatic heterocycles. The Morgan fingerprint density at radius 1 is 1.07 bits per heavy atom. The Morgan fingerprint density at radius 3 is 2.61 bits per heavy atom. The molecule has 0 radical (unpaired) electrons. The van der Waals surface area contributed by atoms with Gasteiger partial charge in [-0.1, -0.05) is 30.3 Å². The van der Waals surface area contributed by atoms with Crippen LogP contribution in [-0.2, 0) is 11.2 Å². The summed E-state index contributed by atoms with van der Waals surface area (Å²) in [4.78, 5) is 16.8. The summed E-state index contributed by atoms with van der Waals surface area (Å²) in [5.41, 5.74) is 3.21. The molecule has 3 rings (SSSR count). The van der Waals surface area contributed by atoms with Gasteiger partial charge in [0.2, 0.25) is 5.91 Å². The van der Waals surface area contributed by atoms with Crippen LogP contribution < -0.4 is 10.2 Å². The maximum absolute atomic E-state index is 13.6. The van der Waals surface area contributed by atoms with Gasteiger partial charge in [0, 0.05) is 44.8 Å². The second kappa shape index (κ2) is 10.2. The summed E-state index contributed by atoms with van der Waals surface area (Å²) >= 11 is 0. The molecule has 2 aromatic carbocycles. The third kappa shape index (κ3) is 6.06. The van der Waals surface area contributed by atoms with Crippen molar-refractivity contribution in [3.63, 3.8) is 0 Å². The fourth-order valence-electron chi connectivity index (χ4n) is 3.62. The summed E-state index contributed by atoms with van der Waals surface area (Å²) in [6, 6.07) is 15.3. The second-order valence-corrected chi connectivity index (χ2v) is 7.46. The van der Waals surface area contributed by atoms with Gasteiger partial charge in [-0.3, -0.25) is 9.69 Å². The van der Waals surface area contributed by atoms with Gasteiger partial charge in [-0.25, -0.2) is 4.39 Å². The number of hydrogen-bond donors (Lipinski definition) is 1. The molecule has 1 aliphatic heterocycles. The van der Waals surface area contributed by atoms with E-state index >= 15 is 0 Å². The van der Waals surface area contributed by atoms with E-state index < -0.39 is 0 Å². The summed E-state index contributed by atoms with van der Waals surface area (Å²) < 4.78 is 13.6. The van der Waals surface area contributed by atoms with Crippen molar-refractivity contribution in [1.29, 1.82) is 0 Å². The molecule has 0 aliphatic carbocycles. The molecule has 0 saturated carbocycles. The molecule has 5 heteroatoms. The highest BCUT2D eigenvalue weighted by Gasteiger charge is 2.16. The molecular formula is C23H30FN3O. The van der Waals surface area contributed by atoms with E-state index in [2.05, 4.69) is 46.3 Å². The number of amides is 1.